The van der Waals surface area contributed by atoms with Crippen LogP contribution in [0.1, 0.15) is 17.2 Å². The van der Waals surface area contributed by atoms with Crippen molar-refractivity contribution in [3.05, 3.63) is 60.1 Å². The summed E-state index contributed by atoms with van der Waals surface area (Å²) in [4.78, 5) is 13.7. The summed E-state index contributed by atoms with van der Waals surface area (Å²) in [5.41, 5.74) is 7.72. The number of carbonyl (C=O) groups is 1. The third-order valence-corrected chi connectivity index (χ3v) is 2.80. The molecule has 2 rings (SSSR count). The molecule has 0 aliphatic carbocycles. The van der Waals surface area contributed by atoms with Gasteiger partial charge in [-0.25, -0.2) is 0 Å². The van der Waals surface area contributed by atoms with Crippen LogP contribution >= 0.6 is 0 Å². The highest BCUT2D eigenvalue weighted by atomic mass is 16.3. The quantitative estimate of drug-likeness (QED) is 0.894. The number of benzene rings is 1. The van der Waals surface area contributed by atoms with Gasteiger partial charge in [0.15, 0.2) is 0 Å². The van der Waals surface area contributed by atoms with Crippen molar-refractivity contribution in [3.8, 4) is 0 Å². The maximum atomic E-state index is 12.1. The summed E-state index contributed by atoms with van der Waals surface area (Å²) < 4.78 is 4.97. The molecule has 0 aliphatic heterocycles. The Hall–Kier alpha value is -2.07. The lowest BCUT2D eigenvalue weighted by molar-refractivity contribution is -0.131. The average Bonchev–Trinajstić information content (AvgIpc) is 2.91. The molecule has 1 amide bonds. The Morgan fingerprint density at radius 3 is 2.67 bits per heavy atom. The Morgan fingerprint density at radius 1 is 1.33 bits per heavy atom. The molecule has 1 atom stereocenters. The van der Waals surface area contributed by atoms with E-state index in [1.165, 1.54) is 0 Å². The van der Waals surface area contributed by atoms with E-state index in [9.17, 15) is 4.79 Å². The zero-order valence-corrected chi connectivity index (χ0v) is 10.2. The summed E-state index contributed by atoms with van der Waals surface area (Å²) in [7, 11) is 1.73. The van der Waals surface area contributed by atoms with Crippen LogP contribution in [0.2, 0.25) is 0 Å². The minimum Gasteiger partial charge on any atom is -0.472 e. The summed E-state index contributed by atoms with van der Waals surface area (Å²) in [6.45, 7) is 0.496. The van der Waals surface area contributed by atoms with Gasteiger partial charge in [-0.05, 0) is 11.6 Å². The van der Waals surface area contributed by atoms with Gasteiger partial charge in [-0.3, -0.25) is 4.79 Å². The molecule has 94 valence electrons. The molecule has 4 heteroatoms. The molecule has 2 N–H and O–H groups in total. The van der Waals surface area contributed by atoms with Crippen LogP contribution in [0.25, 0.3) is 0 Å². The molecule has 0 radical (unpaired) electrons. The standard InChI is InChI=1S/C14H16N2O2/c1-16(9-11-7-8-18-10-11)14(17)13(15)12-5-3-2-4-6-12/h2-8,10,13H,9,15H2,1H3. The first kappa shape index (κ1) is 12.4. The van der Waals surface area contributed by atoms with Crippen LogP contribution in [0.4, 0.5) is 0 Å². The van der Waals surface area contributed by atoms with E-state index in [0.717, 1.165) is 11.1 Å². The van der Waals surface area contributed by atoms with E-state index in [1.807, 2.05) is 36.4 Å². The van der Waals surface area contributed by atoms with Crippen LogP contribution in [0.3, 0.4) is 0 Å². The van der Waals surface area contributed by atoms with E-state index < -0.39 is 6.04 Å². The second-order valence-electron chi connectivity index (χ2n) is 4.21. The zero-order valence-electron chi connectivity index (χ0n) is 10.2. The topological polar surface area (TPSA) is 59.5 Å². The van der Waals surface area contributed by atoms with Crippen LogP contribution < -0.4 is 5.73 Å². The summed E-state index contributed by atoms with van der Waals surface area (Å²) in [5.74, 6) is -0.109. The van der Waals surface area contributed by atoms with Gasteiger partial charge in [-0.1, -0.05) is 30.3 Å². The van der Waals surface area contributed by atoms with Crippen molar-refractivity contribution in [2.75, 3.05) is 7.05 Å². The van der Waals surface area contributed by atoms with Gasteiger partial charge in [-0.2, -0.15) is 0 Å². The minimum atomic E-state index is -0.622. The van der Waals surface area contributed by atoms with Crippen molar-refractivity contribution < 1.29 is 9.21 Å². The SMILES string of the molecule is CN(Cc1ccoc1)C(=O)C(N)c1ccccc1. The molecule has 2 aromatic rings. The Balaban J connectivity index is 2.02. The highest BCUT2D eigenvalue weighted by Gasteiger charge is 2.19. The van der Waals surface area contributed by atoms with Crippen molar-refractivity contribution in [2.24, 2.45) is 5.73 Å². The lowest BCUT2D eigenvalue weighted by Gasteiger charge is -2.20. The Labute approximate surface area is 106 Å². The molecular weight excluding hydrogens is 228 g/mol. The molecule has 0 saturated heterocycles. The molecule has 1 unspecified atom stereocenters. The van der Waals surface area contributed by atoms with Crippen LogP contribution in [0.5, 0.6) is 0 Å². The highest BCUT2D eigenvalue weighted by Crippen LogP contribution is 2.13. The Morgan fingerprint density at radius 2 is 2.06 bits per heavy atom. The molecule has 4 nitrogen and oxygen atoms in total. The number of hydrogen-bond acceptors (Lipinski definition) is 3. The molecule has 18 heavy (non-hydrogen) atoms. The van der Waals surface area contributed by atoms with Gasteiger partial charge < -0.3 is 15.1 Å². The van der Waals surface area contributed by atoms with Crippen LogP contribution in [-0.4, -0.2) is 17.9 Å². The van der Waals surface area contributed by atoms with Gasteiger partial charge in [-0.15, -0.1) is 0 Å². The Bertz CT molecular complexity index is 494. The van der Waals surface area contributed by atoms with Gasteiger partial charge in [0, 0.05) is 19.2 Å². The molecule has 0 spiro atoms. The molecule has 1 aromatic heterocycles. The van der Waals surface area contributed by atoms with E-state index in [-0.39, 0.29) is 5.91 Å². The van der Waals surface area contributed by atoms with E-state index in [4.69, 9.17) is 10.2 Å². The summed E-state index contributed by atoms with van der Waals surface area (Å²) in [6.07, 6.45) is 3.21. The molecular formula is C14H16N2O2. The fraction of sp³-hybridized carbons (Fsp3) is 0.214. The van der Waals surface area contributed by atoms with E-state index in [1.54, 1.807) is 24.5 Å². The van der Waals surface area contributed by atoms with Crippen molar-refractivity contribution in [2.45, 2.75) is 12.6 Å². The number of rotatable bonds is 4. The Kier molecular flexibility index (Phi) is 3.79. The first-order valence-corrected chi connectivity index (χ1v) is 5.75. The number of carbonyl (C=O) groups excluding carboxylic acids is 1. The van der Waals surface area contributed by atoms with Crippen molar-refractivity contribution >= 4 is 5.91 Å². The maximum Gasteiger partial charge on any atom is 0.244 e. The molecule has 0 saturated carbocycles. The van der Waals surface area contributed by atoms with Crippen LogP contribution in [0.15, 0.2) is 53.3 Å². The lowest BCUT2D eigenvalue weighted by atomic mass is 10.1. The van der Waals surface area contributed by atoms with Crippen LogP contribution in [0, 0.1) is 0 Å². The monoisotopic (exact) mass is 244 g/mol. The van der Waals surface area contributed by atoms with E-state index in [2.05, 4.69) is 0 Å². The molecule has 1 heterocycles. The maximum absolute atomic E-state index is 12.1. The summed E-state index contributed by atoms with van der Waals surface area (Å²) >= 11 is 0. The molecule has 1 aromatic carbocycles. The van der Waals surface area contributed by atoms with E-state index in [0.29, 0.717) is 6.54 Å². The van der Waals surface area contributed by atoms with Gasteiger partial charge in [0.05, 0.1) is 12.5 Å². The number of hydrogen-bond donors (Lipinski definition) is 1. The van der Waals surface area contributed by atoms with Crippen molar-refractivity contribution in [1.29, 1.82) is 0 Å². The highest BCUT2D eigenvalue weighted by molar-refractivity contribution is 5.82. The summed E-state index contributed by atoms with van der Waals surface area (Å²) in [5, 5.41) is 0. The largest absolute Gasteiger partial charge is 0.472 e. The van der Waals surface area contributed by atoms with Gasteiger partial charge in [0.2, 0.25) is 5.91 Å². The van der Waals surface area contributed by atoms with Crippen molar-refractivity contribution in [1.82, 2.24) is 4.90 Å². The number of likely N-dealkylation sites (N-methyl/N-ethyl adjacent to an activating group) is 1. The normalized spacial score (nSPS) is 12.1. The van der Waals surface area contributed by atoms with Crippen LogP contribution in [-0.2, 0) is 11.3 Å². The second kappa shape index (κ2) is 5.51. The van der Waals surface area contributed by atoms with Gasteiger partial charge in [0.1, 0.15) is 6.04 Å². The second-order valence-corrected chi connectivity index (χ2v) is 4.21. The molecule has 0 fully saturated rings. The third kappa shape index (κ3) is 2.78. The molecule has 0 aliphatic rings. The smallest absolute Gasteiger partial charge is 0.244 e. The van der Waals surface area contributed by atoms with Crippen molar-refractivity contribution in [3.63, 3.8) is 0 Å². The average molecular weight is 244 g/mol. The molecule has 0 bridgehead atoms. The predicted molar refractivity (Wildman–Crippen MR) is 68.6 cm³/mol. The third-order valence-electron chi connectivity index (χ3n) is 2.80. The minimum absolute atomic E-state index is 0.109. The van der Waals surface area contributed by atoms with Gasteiger partial charge >= 0.3 is 0 Å². The zero-order chi connectivity index (χ0) is 13.0. The number of nitrogens with two attached hydrogens (primary N) is 1. The first-order valence-electron chi connectivity index (χ1n) is 5.75. The number of nitrogens with zero attached hydrogens (tertiary/aromatic N) is 1. The summed E-state index contributed by atoms with van der Waals surface area (Å²) in [6, 6.07) is 10.6. The van der Waals surface area contributed by atoms with Gasteiger partial charge in [0.25, 0.3) is 0 Å². The predicted octanol–water partition coefficient (Wildman–Crippen LogP) is 1.94. The lowest BCUT2D eigenvalue weighted by Crippen LogP contribution is -2.35. The fourth-order valence-electron chi connectivity index (χ4n) is 1.77. The number of furan rings is 1. The van der Waals surface area contributed by atoms with E-state index >= 15 is 0 Å². The number of amides is 1. The first-order chi connectivity index (χ1) is 8.68. The fourth-order valence-corrected chi connectivity index (χ4v) is 1.77.